The normalized spacial score (nSPS) is 27.2. The Morgan fingerprint density at radius 2 is 2.47 bits per heavy atom. The van der Waals surface area contributed by atoms with Crippen LogP contribution in [0, 0.1) is 5.92 Å². The predicted molar refractivity (Wildman–Crippen MR) is 66.5 cm³/mol. The molecule has 19 heavy (non-hydrogen) atoms. The molecule has 1 saturated heterocycles. The third kappa shape index (κ3) is 1.89. The van der Waals surface area contributed by atoms with Gasteiger partial charge in [-0.05, 0) is 12.3 Å². The Bertz CT molecular complexity index is 664. The Morgan fingerprint density at radius 3 is 3.16 bits per heavy atom. The third-order valence-corrected chi connectivity index (χ3v) is 3.40. The largest absolute Gasteiger partial charge is 0.394 e. The van der Waals surface area contributed by atoms with Gasteiger partial charge in [0.05, 0.1) is 24.6 Å². The Morgan fingerprint density at radius 1 is 1.68 bits per heavy atom. The van der Waals surface area contributed by atoms with E-state index in [2.05, 4.69) is 15.1 Å². The molecule has 0 saturated carbocycles. The molecule has 1 fully saturated rings. The van der Waals surface area contributed by atoms with Crippen molar-refractivity contribution < 1.29 is 9.84 Å². The maximum Gasteiger partial charge on any atom is 0.295 e. The van der Waals surface area contributed by atoms with Gasteiger partial charge in [0, 0.05) is 0 Å². The molecule has 102 valence electrons. The van der Waals surface area contributed by atoms with E-state index >= 15 is 0 Å². The number of ether oxygens (including phenoxy) is 1. The number of rotatable bonds is 2. The van der Waals surface area contributed by atoms with E-state index in [1.165, 1.54) is 4.52 Å². The first-order valence-electron chi connectivity index (χ1n) is 6.10. The maximum absolute atomic E-state index is 11.7. The zero-order chi connectivity index (χ0) is 13.6. The first-order valence-corrected chi connectivity index (χ1v) is 6.10. The molecule has 0 amide bonds. The van der Waals surface area contributed by atoms with E-state index in [9.17, 15) is 4.79 Å². The van der Waals surface area contributed by atoms with Crippen molar-refractivity contribution in [2.75, 3.05) is 12.3 Å². The lowest BCUT2D eigenvalue weighted by atomic mass is 10.00. The van der Waals surface area contributed by atoms with E-state index in [-0.39, 0.29) is 41.9 Å². The molecule has 2 aromatic heterocycles. The molecular formula is C11H15N5O3. The second-order valence-corrected chi connectivity index (χ2v) is 4.83. The fraction of sp³-hybridized carbons (Fsp3) is 0.545. The Hall–Kier alpha value is -1.93. The standard InChI is InChI=1S/C11H15N5O3/c1-5-2-6(4-17)19-8(5)7-3-13-9-10(18)14-11(12)15-16(7)9/h3,5-6,8,17H,2,4H2,1H3,(H3,12,14,15,18)/t5-,6-,8+/m0/s1. The molecule has 4 N–H and O–H groups in total. The topological polar surface area (TPSA) is 119 Å². The number of hydrogen-bond donors (Lipinski definition) is 3. The molecule has 0 radical (unpaired) electrons. The number of H-pyrrole nitrogens is 1. The van der Waals surface area contributed by atoms with Gasteiger partial charge in [0.25, 0.3) is 5.56 Å². The van der Waals surface area contributed by atoms with Crippen molar-refractivity contribution in [2.45, 2.75) is 25.6 Å². The summed E-state index contributed by atoms with van der Waals surface area (Å²) in [6, 6.07) is 0. The minimum absolute atomic E-state index is 0.0201. The maximum atomic E-state index is 11.7. The predicted octanol–water partition coefficient (Wildman–Crippen LogP) is -0.542. The van der Waals surface area contributed by atoms with Crippen LogP contribution in [0.3, 0.4) is 0 Å². The van der Waals surface area contributed by atoms with Crippen LogP contribution in [-0.4, -0.2) is 37.4 Å². The Labute approximate surface area is 108 Å². The van der Waals surface area contributed by atoms with Gasteiger partial charge in [-0.1, -0.05) is 6.92 Å². The van der Waals surface area contributed by atoms with Crippen LogP contribution in [0.1, 0.15) is 25.1 Å². The molecule has 8 heteroatoms. The fourth-order valence-corrected chi connectivity index (χ4v) is 2.53. The second-order valence-electron chi connectivity index (χ2n) is 4.83. The third-order valence-electron chi connectivity index (χ3n) is 3.40. The van der Waals surface area contributed by atoms with Gasteiger partial charge in [0.15, 0.2) is 0 Å². The smallest absolute Gasteiger partial charge is 0.295 e. The highest BCUT2D eigenvalue weighted by atomic mass is 16.5. The lowest BCUT2D eigenvalue weighted by molar-refractivity contribution is 0.00252. The van der Waals surface area contributed by atoms with Crippen molar-refractivity contribution in [1.82, 2.24) is 19.6 Å². The molecule has 1 aliphatic rings. The van der Waals surface area contributed by atoms with E-state index in [1.807, 2.05) is 6.92 Å². The summed E-state index contributed by atoms with van der Waals surface area (Å²) in [7, 11) is 0. The highest BCUT2D eigenvalue weighted by Gasteiger charge is 2.35. The molecule has 3 rings (SSSR count). The quantitative estimate of drug-likeness (QED) is 0.671. The van der Waals surface area contributed by atoms with Gasteiger partial charge in [-0.15, -0.1) is 5.10 Å². The molecule has 0 aromatic carbocycles. The number of nitrogens with one attached hydrogen (secondary N) is 1. The summed E-state index contributed by atoms with van der Waals surface area (Å²) in [5.74, 6) is 0.237. The number of fused-ring (bicyclic) bond motifs is 1. The van der Waals surface area contributed by atoms with E-state index < -0.39 is 0 Å². The first-order chi connectivity index (χ1) is 9.10. The highest BCUT2D eigenvalue weighted by molar-refractivity contribution is 5.38. The molecule has 3 heterocycles. The lowest BCUT2D eigenvalue weighted by Gasteiger charge is -2.14. The van der Waals surface area contributed by atoms with Crippen LogP contribution in [0.5, 0.6) is 0 Å². The molecule has 3 atom stereocenters. The Kier molecular flexibility index (Phi) is 2.76. The zero-order valence-corrected chi connectivity index (χ0v) is 10.4. The minimum Gasteiger partial charge on any atom is -0.394 e. The van der Waals surface area contributed by atoms with Gasteiger partial charge in [0.2, 0.25) is 11.6 Å². The number of nitrogen functional groups attached to an aromatic ring is 1. The Balaban J connectivity index is 2.09. The SMILES string of the molecule is C[C@H]1C[C@@H](CO)O[C@H]1c1cnc2c(=O)[nH]c(N)nn12. The van der Waals surface area contributed by atoms with Gasteiger partial charge in [0.1, 0.15) is 6.10 Å². The van der Waals surface area contributed by atoms with Gasteiger partial charge in [-0.25, -0.2) is 9.50 Å². The number of nitrogens with zero attached hydrogens (tertiary/aromatic N) is 3. The molecule has 0 spiro atoms. The van der Waals surface area contributed by atoms with Gasteiger partial charge < -0.3 is 15.6 Å². The second kappa shape index (κ2) is 4.32. The van der Waals surface area contributed by atoms with Crippen molar-refractivity contribution in [3.05, 3.63) is 22.2 Å². The van der Waals surface area contributed by atoms with Crippen LogP contribution in [-0.2, 0) is 4.74 Å². The summed E-state index contributed by atoms with van der Waals surface area (Å²) in [6.07, 6.45) is 1.89. The molecule has 0 bridgehead atoms. The van der Waals surface area contributed by atoms with Crippen LogP contribution in [0.2, 0.25) is 0 Å². The van der Waals surface area contributed by atoms with Crippen LogP contribution in [0.25, 0.3) is 5.65 Å². The molecule has 0 aliphatic carbocycles. The number of aromatic amines is 1. The van der Waals surface area contributed by atoms with Crippen molar-refractivity contribution in [3.63, 3.8) is 0 Å². The number of nitrogens with two attached hydrogens (primary N) is 1. The summed E-state index contributed by atoms with van der Waals surface area (Å²) >= 11 is 0. The molecule has 8 nitrogen and oxygen atoms in total. The molecule has 0 unspecified atom stereocenters. The number of anilines is 1. The monoisotopic (exact) mass is 265 g/mol. The highest BCUT2D eigenvalue weighted by Crippen LogP contribution is 2.37. The van der Waals surface area contributed by atoms with Crippen LogP contribution in [0.15, 0.2) is 11.0 Å². The fourth-order valence-electron chi connectivity index (χ4n) is 2.53. The van der Waals surface area contributed by atoms with Gasteiger partial charge in [-0.2, -0.15) is 0 Å². The van der Waals surface area contributed by atoms with E-state index in [0.29, 0.717) is 5.69 Å². The summed E-state index contributed by atoms with van der Waals surface area (Å²) in [4.78, 5) is 18.1. The van der Waals surface area contributed by atoms with Crippen molar-refractivity contribution >= 4 is 11.6 Å². The van der Waals surface area contributed by atoms with E-state index in [4.69, 9.17) is 15.6 Å². The van der Waals surface area contributed by atoms with E-state index in [0.717, 1.165) is 6.42 Å². The van der Waals surface area contributed by atoms with Crippen molar-refractivity contribution in [3.8, 4) is 0 Å². The number of aliphatic hydroxyl groups is 1. The molecular weight excluding hydrogens is 250 g/mol. The number of aromatic nitrogens is 4. The van der Waals surface area contributed by atoms with Crippen molar-refractivity contribution in [1.29, 1.82) is 0 Å². The number of hydrogen-bond acceptors (Lipinski definition) is 6. The van der Waals surface area contributed by atoms with E-state index in [1.54, 1.807) is 6.20 Å². The van der Waals surface area contributed by atoms with Gasteiger partial charge >= 0.3 is 0 Å². The first kappa shape index (κ1) is 12.1. The van der Waals surface area contributed by atoms with Crippen LogP contribution in [0.4, 0.5) is 5.95 Å². The van der Waals surface area contributed by atoms with Gasteiger partial charge in [-0.3, -0.25) is 9.78 Å². The number of imidazole rings is 1. The lowest BCUT2D eigenvalue weighted by Crippen LogP contribution is -2.18. The summed E-state index contributed by atoms with van der Waals surface area (Å²) < 4.78 is 7.16. The minimum atomic E-state index is -0.386. The van der Waals surface area contributed by atoms with Crippen molar-refractivity contribution in [2.24, 2.45) is 5.92 Å². The van der Waals surface area contributed by atoms with Crippen LogP contribution < -0.4 is 11.3 Å². The average molecular weight is 265 g/mol. The summed E-state index contributed by atoms with van der Waals surface area (Å²) in [5.41, 5.74) is 6.02. The summed E-state index contributed by atoms with van der Waals surface area (Å²) in [6.45, 7) is 2.00. The molecule has 1 aliphatic heterocycles. The average Bonchev–Trinajstić information content (AvgIpc) is 2.92. The zero-order valence-electron chi connectivity index (χ0n) is 10.4. The van der Waals surface area contributed by atoms with Crippen LogP contribution >= 0.6 is 0 Å². The number of aliphatic hydroxyl groups excluding tert-OH is 1. The summed E-state index contributed by atoms with van der Waals surface area (Å²) in [5, 5.41) is 13.2. The molecule has 2 aromatic rings.